The highest BCUT2D eigenvalue weighted by Gasteiger charge is 2.25. The van der Waals surface area contributed by atoms with Crippen LogP contribution in [0.4, 0.5) is 0 Å². The molecular formula is C23H24N4O2. The molecule has 0 bridgehead atoms. The molecule has 1 amide bonds. The van der Waals surface area contributed by atoms with Gasteiger partial charge in [-0.05, 0) is 24.1 Å². The number of nitrogens with one attached hydrogen (secondary N) is 1. The van der Waals surface area contributed by atoms with Crippen molar-refractivity contribution in [2.45, 2.75) is 19.9 Å². The van der Waals surface area contributed by atoms with Crippen molar-refractivity contribution in [3.63, 3.8) is 0 Å². The molecule has 6 nitrogen and oxygen atoms in total. The number of pyridine rings is 1. The van der Waals surface area contributed by atoms with Crippen molar-refractivity contribution in [1.82, 2.24) is 19.4 Å². The fraction of sp³-hybridized carbons (Fsp3) is 0.261. The lowest BCUT2D eigenvalue weighted by molar-refractivity contribution is 0.0924. The third kappa shape index (κ3) is 3.20. The van der Waals surface area contributed by atoms with Crippen LogP contribution in [0.1, 0.15) is 36.1 Å². The summed E-state index contributed by atoms with van der Waals surface area (Å²) in [7, 11) is 3.67. The topological polar surface area (TPSA) is 68.9 Å². The van der Waals surface area contributed by atoms with E-state index in [0.717, 1.165) is 27.8 Å². The van der Waals surface area contributed by atoms with Crippen molar-refractivity contribution in [1.29, 1.82) is 0 Å². The number of rotatable bonds is 4. The second-order valence-corrected chi connectivity index (χ2v) is 7.69. The highest BCUT2D eigenvalue weighted by atomic mass is 16.2. The Balaban J connectivity index is 1.78. The van der Waals surface area contributed by atoms with Crippen LogP contribution in [0.2, 0.25) is 0 Å². The molecule has 2 heterocycles. The van der Waals surface area contributed by atoms with E-state index in [1.165, 1.54) is 6.07 Å². The summed E-state index contributed by atoms with van der Waals surface area (Å²) in [6, 6.07) is 16.5. The summed E-state index contributed by atoms with van der Waals surface area (Å²) in [5, 5.41) is 3.87. The average Bonchev–Trinajstić information content (AvgIpc) is 3.05. The molecule has 148 valence electrons. The van der Waals surface area contributed by atoms with E-state index in [-0.39, 0.29) is 23.4 Å². The summed E-state index contributed by atoms with van der Waals surface area (Å²) >= 11 is 0. The molecule has 6 heteroatoms. The zero-order valence-corrected chi connectivity index (χ0v) is 17.0. The molecule has 2 aromatic carbocycles. The van der Waals surface area contributed by atoms with Gasteiger partial charge in [-0.3, -0.25) is 9.59 Å². The number of imidazole rings is 1. The van der Waals surface area contributed by atoms with E-state index in [2.05, 4.69) is 5.32 Å². The maximum Gasteiger partial charge on any atom is 0.252 e. The maximum absolute atomic E-state index is 13.2. The molecule has 0 aliphatic rings. The molecule has 1 unspecified atom stereocenters. The Morgan fingerprint density at radius 2 is 1.62 bits per heavy atom. The van der Waals surface area contributed by atoms with Crippen molar-refractivity contribution >= 4 is 27.8 Å². The Morgan fingerprint density at radius 3 is 2.31 bits per heavy atom. The van der Waals surface area contributed by atoms with E-state index in [4.69, 9.17) is 4.98 Å². The Morgan fingerprint density at radius 1 is 0.966 bits per heavy atom. The SMILES string of the molecule is CC(C)C(NC(=O)c1cc(=O)n(C)c2ccccc12)c1nc2ccccc2n1C. The number of nitrogens with zero attached hydrogens (tertiary/aromatic N) is 3. The van der Waals surface area contributed by atoms with Gasteiger partial charge in [0, 0.05) is 25.5 Å². The van der Waals surface area contributed by atoms with E-state index in [1.54, 1.807) is 11.6 Å². The first-order valence-corrected chi connectivity index (χ1v) is 9.69. The number of benzene rings is 2. The van der Waals surface area contributed by atoms with Crippen LogP contribution in [0.25, 0.3) is 21.9 Å². The summed E-state index contributed by atoms with van der Waals surface area (Å²) in [5.74, 6) is 0.639. The first-order chi connectivity index (χ1) is 13.9. The zero-order valence-electron chi connectivity index (χ0n) is 17.0. The Hall–Kier alpha value is -3.41. The molecular weight excluding hydrogens is 364 g/mol. The Labute approximate surface area is 168 Å². The maximum atomic E-state index is 13.2. The van der Waals surface area contributed by atoms with E-state index in [0.29, 0.717) is 5.56 Å². The average molecular weight is 388 g/mol. The summed E-state index contributed by atoms with van der Waals surface area (Å²) in [6.45, 7) is 4.10. The molecule has 0 saturated carbocycles. The molecule has 1 atom stereocenters. The van der Waals surface area contributed by atoms with Crippen LogP contribution in [-0.2, 0) is 14.1 Å². The highest BCUT2D eigenvalue weighted by molar-refractivity contribution is 6.06. The van der Waals surface area contributed by atoms with Crippen LogP contribution in [0.15, 0.2) is 59.4 Å². The van der Waals surface area contributed by atoms with Crippen LogP contribution in [0.3, 0.4) is 0 Å². The van der Waals surface area contributed by atoms with Gasteiger partial charge >= 0.3 is 0 Å². The minimum Gasteiger partial charge on any atom is -0.342 e. The summed E-state index contributed by atoms with van der Waals surface area (Å²) in [4.78, 5) is 30.4. The van der Waals surface area contributed by atoms with Crippen LogP contribution in [0, 0.1) is 5.92 Å². The lowest BCUT2D eigenvalue weighted by atomic mass is 10.0. The van der Waals surface area contributed by atoms with E-state index in [1.807, 2.05) is 74.0 Å². The number of carbonyl (C=O) groups excluding carboxylic acids is 1. The van der Waals surface area contributed by atoms with Crippen molar-refractivity contribution < 1.29 is 4.79 Å². The standard InChI is InChI=1S/C23H24N4O2/c1-14(2)21(22-24-17-10-6-8-12-19(17)27(22)4)25-23(29)16-13-20(28)26(3)18-11-7-5-9-15(16)18/h5-14,21H,1-4H3,(H,25,29). The van der Waals surface area contributed by atoms with Gasteiger partial charge in [-0.15, -0.1) is 0 Å². The number of hydrogen-bond acceptors (Lipinski definition) is 3. The number of para-hydroxylation sites is 3. The highest BCUT2D eigenvalue weighted by Crippen LogP contribution is 2.26. The number of fused-ring (bicyclic) bond motifs is 2. The van der Waals surface area contributed by atoms with Gasteiger partial charge in [0.2, 0.25) is 0 Å². The fourth-order valence-corrected chi connectivity index (χ4v) is 3.79. The lowest BCUT2D eigenvalue weighted by Gasteiger charge is -2.22. The molecule has 2 aromatic heterocycles. The predicted molar refractivity (Wildman–Crippen MR) is 115 cm³/mol. The van der Waals surface area contributed by atoms with Gasteiger partial charge in [-0.2, -0.15) is 0 Å². The van der Waals surface area contributed by atoms with Crippen molar-refractivity contribution in [2.24, 2.45) is 20.0 Å². The summed E-state index contributed by atoms with van der Waals surface area (Å²) in [6.07, 6.45) is 0. The number of amides is 1. The van der Waals surface area contributed by atoms with Crippen LogP contribution < -0.4 is 10.9 Å². The lowest BCUT2D eigenvalue weighted by Crippen LogP contribution is -2.34. The van der Waals surface area contributed by atoms with Crippen molar-refractivity contribution in [3.8, 4) is 0 Å². The molecule has 0 radical (unpaired) electrons. The summed E-state index contributed by atoms with van der Waals surface area (Å²) in [5.41, 5.74) is 2.81. The smallest absolute Gasteiger partial charge is 0.252 e. The fourth-order valence-electron chi connectivity index (χ4n) is 3.79. The van der Waals surface area contributed by atoms with E-state index < -0.39 is 0 Å². The molecule has 29 heavy (non-hydrogen) atoms. The van der Waals surface area contributed by atoms with Gasteiger partial charge in [-0.25, -0.2) is 4.98 Å². The Bertz CT molecular complexity index is 1280. The number of aryl methyl sites for hydroxylation is 2. The zero-order chi connectivity index (χ0) is 20.7. The van der Waals surface area contributed by atoms with Crippen molar-refractivity contribution in [3.05, 3.63) is 76.3 Å². The predicted octanol–water partition coefficient (Wildman–Crippen LogP) is 3.55. The van der Waals surface area contributed by atoms with E-state index >= 15 is 0 Å². The monoisotopic (exact) mass is 388 g/mol. The van der Waals surface area contributed by atoms with E-state index in [9.17, 15) is 9.59 Å². The second kappa shape index (κ2) is 7.20. The first kappa shape index (κ1) is 18.9. The minimum atomic E-state index is -0.289. The number of aromatic nitrogens is 3. The van der Waals surface area contributed by atoms with Gasteiger partial charge in [0.05, 0.1) is 28.2 Å². The molecule has 0 saturated heterocycles. The van der Waals surface area contributed by atoms with Crippen LogP contribution in [0.5, 0.6) is 0 Å². The molecule has 4 rings (SSSR count). The van der Waals surface area contributed by atoms with Gasteiger partial charge in [0.15, 0.2) is 0 Å². The second-order valence-electron chi connectivity index (χ2n) is 7.69. The van der Waals surface area contributed by atoms with Gasteiger partial charge < -0.3 is 14.5 Å². The molecule has 1 N–H and O–H groups in total. The number of hydrogen-bond donors (Lipinski definition) is 1. The molecule has 0 fully saturated rings. The normalized spacial score (nSPS) is 12.6. The Kier molecular flexibility index (Phi) is 4.70. The quantitative estimate of drug-likeness (QED) is 0.581. The molecule has 0 aliphatic heterocycles. The van der Waals surface area contributed by atoms with Gasteiger partial charge in [-0.1, -0.05) is 44.2 Å². The van der Waals surface area contributed by atoms with Gasteiger partial charge in [0.1, 0.15) is 5.82 Å². The van der Waals surface area contributed by atoms with Gasteiger partial charge in [0.25, 0.3) is 11.5 Å². The molecule has 4 aromatic rings. The van der Waals surface area contributed by atoms with Crippen molar-refractivity contribution in [2.75, 3.05) is 0 Å². The largest absolute Gasteiger partial charge is 0.342 e. The minimum absolute atomic E-state index is 0.118. The third-order valence-corrected chi connectivity index (χ3v) is 5.45. The third-order valence-electron chi connectivity index (χ3n) is 5.45. The summed E-state index contributed by atoms with van der Waals surface area (Å²) < 4.78 is 3.57. The first-order valence-electron chi connectivity index (χ1n) is 9.69. The molecule has 0 spiro atoms. The molecule has 0 aliphatic carbocycles. The number of carbonyl (C=O) groups is 1. The van der Waals surface area contributed by atoms with Crippen LogP contribution in [-0.4, -0.2) is 20.0 Å². The van der Waals surface area contributed by atoms with Crippen LogP contribution >= 0.6 is 0 Å².